The molecule has 2 rings (SSSR count). The Bertz CT molecular complexity index is 789. The SMILES string of the molecule is C=C(C)C1=C/C=C/C=C(C)/C=C\C=C/C=C\1.CC(C)(C)C.CCc1ccc(C)cc1. The molecule has 0 heterocycles. The van der Waals surface area contributed by atoms with E-state index < -0.39 is 0 Å². The lowest BCUT2D eigenvalue weighted by atomic mass is 10.0. The fourth-order valence-corrected chi connectivity index (χ4v) is 2.08. The van der Waals surface area contributed by atoms with Gasteiger partial charge in [0.15, 0.2) is 0 Å². The van der Waals surface area contributed by atoms with Gasteiger partial charge in [-0.1, -0.05) is 143 Å². The van der Waals surface area contributed by atoms with E-state index in [2.05, 4.69) is 104 Å². The minimum Gasteiger partial charge on any atom is -0.0955 e. The highest BCUT2D eigenvalue weighted by Gasteiger charge is 1.95. The summed E-state index contributed by atoms with van der Waals surface area (Å²) in [5.41, 5.74) is 6.71. The van der Waals surface area contributed by atoms with Crippen molar-refractivity contribution in [3.05, 3.63) is 119 Å². The van der Waals surface area contributed by atoms with Gasteiger partial charge in [-0.15, -0.1) is 0 Å². The Morgan fingerprint density at radius 2 is 1.27 bits per heavy atom. The van der Waals surface area contributed by atoms with Crippen LogP contribution in [0, 0.1) is 12.3 Å². The van der Waals surface area contributed by atoms with E-state index in [9.17, 15) is 0 Å². The van der Waals surface area contributed by atoms with Crippen LogP contribution < -0.4 is 0 Å². The third-order valence-corrected chi connectivity index (χ3v) is 3.74. The first-order chi connectivity index (χ1) is 14.0. The normalized spacial score (nSPS) is 21.2. The largest absolute Gasteiger partial charge is 0.0955 e. The van der Waals surface area contributed by atoms with E-state index in [1.54, 1.807) is 0 Å². The Balaban J connectivity index is 0.000000502. The Kier molecular flexibility index (Phi) is 13.9. The van der Waals surface area contributed by atoms with Crippen molar-refractivity contribution in [2.45, 2.75) is 61.8 Å². The average molecular weight is 403 g/mol. The van der Waals surface area contributed by atoms with Crippen LogP contribution in [0.2, 0.25) is 0 Å². The maximum atomic E-state index is 3.96. The van der Waals surface area contributed by atoms with Crippen molar-refractivity contribution in [2.24, 2.45) is 5.41 Å². The minimum atomic E-state index is 0.500. The summed E-state index contributed by atoms with van der Waals surface area (Å²) in [6, 6.07) is 8.66. The van der Waals surface area contributed by atoms with Crippen molar-refractivity contribution in [1.29, 1.82) is 0 Å². The molecule has 162 valence electrons. The molecule has 0 amide bonds. The summed E-state index contributed by atoms with van der Waals surface area (Å²) in [5.74, 6) is 0. The molecule has 0 radical (unpaired) electrons. The lowest BCUT2D eigenvalue weighted by Gasteiger charge is -2.05. The maximum absolute atomic E-state index is 3.96. The summed E-state index contributed by atoms with van der Waals surface area (Å²) in [7, 11) is 0. The molecule has 1 aliphatic carbocycles. The summed E-state index contributed by atoms with van der Waals surface area (Å²) in [5, 5.41) is 0. The topological polar surface area (TPSA) is 0 Å². The van der Waals surface area contributed by atoms with E-state index in [4.69, 9.17) is 0 Å². The van der Waals surface area contributed by atoms with Crippen molar-refractivity contribution in [3.8, 4) is 0 Å². The molecular formula is C30H42. The highest BCUT2D eigenvalue weighted by Crippen LogP contribution is 2.10. The Labute approximate surface area is 186 Å². The van der Waals surface area contributed by atoms with E-state index in [0.717, 1.165) is 17.6 Å². The molecule has 0 nitrogen and oxygen atoms in total. The fourth-order valence-electron chi connectivity index (χ4n) is 2.08. The molecule has 0 heteroatoms. The molecular weight excluding hydrogens is 360 g/mol. The number of hydrogen-bond donors (Lipinski definition) is 0. The van der Waals surface area contributed by atoms with Gasteiger partial charge in [0, 0.05) is 0 Å². The van der Waals surface area contributed by atoms with E-state index in [1.165, 1.54) is 16.7 Å². The van der Waals surface area contributed by atoms with Crippen LogP contribution in [0.25, 0.3) is 0 Å². The zero-order valence-electron chi connectivity index (χ0n) is 20.5. The summed E-state index contributed by atoms with van der Waals surface area (Å²) in [6.07, 6.45) is 21.6. The van der Waals surface area contributed by atoms with Gasteiger partial charge in [0.2, 0.25) is 0 Å². The number of hydrogen-bond acceptors (Lipinski definition) is 0. The van der Waals surface area contributed by atoms with E-state index in [-0.39, 0.29) is 0 Å². The molecule has 1 aromatic rings. The van der Waals surface area contributed by atoms with Crippen molar-refractivity contribution in [1.82, 2.24) is 0 Å². The van der Waals surface area contributed by atoms with Crippen LogP contribution in [0.4, 0.5) is 0 Å². The predicted molar refractivity (Wildman–Crippen MR) is 139 cm³/mol. The Morgan fingerprint density at radius 1 is 0.767 bits per heavy atom. The van der Waals surface area contributed by atoms with Gasteiger partial charge in [0.1, 0.15) is 0 Å². The molecule has 0 unspecified atom stereocenters. The Morgan fingerprint density at radius 3 is 1.77 bits per heavy atom. The number of allylic oxidation sites excluding steroid dienone is 13. The van der Waals surface area contributed by atoms with Crippen LogP contribution >= 0.6 is 0 Å². The van der Waals surface area contributed by atoms with Crippen LogP contribution in [0.5, 0.6) is 0 Å². The zero-order chi connectivity index (χ0) is 23.0. The fraction of sp³-hybridized carbons (Fsp3) is 0.333. The van der Waals surface area contributed by atoms with Gasteiger partial charge >= 0.3 is 0 Å². The van der Waals surface area contributed by atoms with Gasteiger partial charge in [-0.2, -0.15) is 0 Å². The predicted octanol–water partition coefficient (Wildman–Crippen LogP) is 9.28. The smallest absolute Gasteiger partial charge is 0.0233 e. The Hall–Kier alpha value is -2.60. The number of benzene rings is 1. The third kappa shape index (κ3) is 17.5. The van der Waals surface area contributed by atoms with Crippen LogP contribution in [0.3, 0.4) is 0 Å². The van der Waals surface area contributed by atoms with Crippen molar-refractivity contribution in [3.63, 3.8) is 0 Å². The lowest BCUT2D eigenvalue weighted by Crippen LogP contribution is -1.93. The number of aryl methyl sites for hydroxylation is 2. The standard InChI is InChI=1S/C16H18.C9H12.C5H12/c1-14(2)16-12-7-5-4-6-10-15(3)11-8-9-13-16;1-3-9-6-4-8(2)5-7-9;1-5(2,3)4/h4-13H,1H2,2-3H3;4-7H,3H2,1-2H3;1-4H3/b5-4-,6-4?,7-5?,9-8+,10-6-,11-8?,12-7-,13-9?,15-10?,15-11+,16-12?,16-13+;;. The second-order valence-corrected chi connectivity index (χ2v) is 9.14. The molecule has 0 spiro atoms. The molecule has 0 bridgehead atoms. The quantitative estimate of drug-likeness (QED) is 0.462. The molecule has 0 saturated carbocycles. The van der Waals surface area contributed by atoms with Crippen molar-refractivity contribution in [2.75, 3.05) is 0 Å². The molecule has 0 saturated heterocycles. The van der Waals surface area contributed by atoms with E-state index >= 15 is 0 Å². The van der Waals surface area contributed by atoms with Gasteiger partial charge in [-0.05, 0) is 43.7 Å². The molecule has 1 aromatic carbocycles. The molecule has 0 fully saturated rings. The highest BCUT2D eigenvalue weighted by molar-refractivity contribution is 5.41. The minimum absolute atomic E-state index is 0.500. The monoisotopic (exact) mass is 402 g/mol. The van der Waals surface area contributed by atoms with E-state index in [0.29, 0.717) is 5.41 Å². The van der Waals surface area contributed by atoms with Crippen LogP contribution in [0.15, 0.2) is 108 Å². The van der Waals surface area contributed by atoms with E-state index in [1.807, 2.05) is 43.4 Å². The molecule has 30 heavy (non-hydrogen) atoms. The van der Waals surface area contributed by atoms with Gasteiger partial charge in [0.25, 0.3) is 0 Å². The maximum Gasteiger partial charge on any atom is -0.0233 e. The lowest BCUT2D eigenvalue weighted by molar-refractivity contribution is 0.469. The summed E-state index contributed by atoms with van der Waals surface area (Å²) >= 11 is 0. The second-order valence-electron chi connectivity index (χ2n) is 9.14. The van der Waals surface area contributed by atoms with Crippen LogP contribution in [0.1, 0.15) is 59.6 Å². The first kappa shape index (κ1) is 27.4. The number of rotatable bonds is 2. The first-order valence-electron chi connectivity index (χ1n) is 10.8. The molecule has 0 aliphatic heterocycles. The summed E-state index contributed by atoms with van der Waals surface area (Å²) < 4.78 is 0. The molecule has 0 N–H and O–H groups in total. The van der Waals surface area contributed by atoms with Crippen molar-refractivity contribution < 1.29 is 0 Å². The highest BCUT2D eigenvalue weighted by atomic mass is 14.0. The first-order valence-corrected chi connectivity index (χ1v) is 10.8. The molecule has 0 aromatic heterocycles. The van der Waals surface area contributed by atoms with Gasteiger partial charge in [-0.3, -0.25) is 0 Å². The van der Waals surface area contributed by atoms with Crippen LogP contribution in [-0.4, -0.2) is 0 Å². The van der Waals surface area contributed by atoms with Crippen molar-refractivity contribution >= 4 is 0 Å². The third-order valence-electron chi connectivity index (χ3n) is 3.74. The molecule has 1 aliphatic rings. The van der Waals surface area contributed by atoms with Gasteiger partial charge in [0.05, 0.1) is 0 Å². The zero-order valence-corrected chi connectivity index (χ0v) is 20.5. The summed E-state index contributed by atoms with van der Waals surface area (Å²) in [4.78, 5) is 0. The van der Waals surface area contributed by atoms with Crippen LogP contribution in [-0.2, 0) is 6.42 Å². The summed E-state index contributed by atoms with van der Waals surface area (Å²) in [6.45, 7) is 21.1. The van der Waals surface area contributed by atoms with Gasteiger partial charge < -0.3 is 0 Å². The molecule has 0 atom stereocenters. The van der Waals surface area contributed by atoms with Gasteiger partial charge in [-0.25, -0.2) is 0 Å². The second kappa shape index (κ2) is 15.3. The average Bonchev–Trinajstić information content (AvgIpc) is 2.64.